The maximum absolute atomic E-state index is 13.5. The third-order valence-corrected chi connectivity index (χ3v) is 8.24. The number of hydrogen-bond donors (Lipinski definition) is 2. The van der Waals surface area contributed by atoms with Crippen molar-refractivity contribution < 1.29 is 18.4 Å². The number of nitrogens with one attached hydrogen (secondary N) is 2. The molecule has 1 saturated heterocycles. The van der Waals surface area contributed by atoms with Crippen LogP contribution in [-0.2, 0) is 17.9 Å². The number of allylic oxidation sites excluding steroid dienone is 1. The summed E-state index contributed by atoms with van der Waals surface area (Å²) >= 11 is 1.28. The summed E-state index contributed by atoms with van der Waals surface area (Å²) in [6.45, 7) is 6.50. The van der Waals surface area contributed by atoms with E-state index in [-0.39, 0.29) is 35.4 Å². The van der Waals surface area contributed by atoms with Crippen LogP contribution in [0.2, 0.25) is 0 Å². The maximum Gasteiger partial charge on any atom is 0.268 e. The van der Waals surface area contributed by atoms with Gasteiger partial charge in [0.2, 0.25) is 5.95 Å². The smallest absolute Gasteiger partial charge is 0.268 e. The molecule has 0 saturated carbocycles. The Bertz CT molecular complexity index is 1710. The molecule has 1 aliphatic rings. The molecule has 4 aromatic rings. The monoisotopic (exact) mass is 620 g/mol. The second-order valence-electron chi connectivity index (χ2n) is 11.8. The molecule has 10 nitrogen and oxygen atoms in total. The molecule has 2 amide bonds. The van der Waals surface area contributed by atoms with Gasteiger partial charge in [0.05, 0.1) is 28.5 Å². The summed E-state index contributed by atoms with van der Waals surface area (Å²) in [4.78, 5) is 33.8. The molecule has 0 spiro atoms. The topological polar surface area (TPSA) is 121 Å². The van der Waals surface area contributed by atoms with Crippen LogP contribution in [0, 0.1) is 16.7 Å². The number of fused-ring (bicyclic) bond motifs is 1. The Kier molecular flexibility index (Phi) is 9.22. The largest absolute Gasteiger partial charge is 0.333 e. The molecule has 1 fully saturated rings. The summed E-state index contributed by atoms with van der Waals surface area (Å²) in [5.74, 6) is -0.346. The van der Waals surface area contributed by atoms with Gasteiger partial charge < -0.3 is 14.8 Å². The third-order valence-electron chi connectivity index (χ3n) is 7.17. The number of halogens is 2. The molecular weight excluding hydrogens is 586 g/mol. The highest BCUT2D eigenvalue weighted by Gasteiger charge is 2.32. The molecule has 0 aliphatic carbocycles. The number of carbonyl (C=O) groups is 2. The van der Waals surface area contributed by atoms with E-state index in [1.54, 1.807) is 46.3 Å². The number of alkyl halides is 2. The summed E-state index contributed by atoms with van der Waals surface area (Å²) < 4.78 is 28.9. The fraction of sp³-hybridized carbons (Fsp3) is 0.387. The van der Waals surface area contributed by atoms with Gasteiger partial charge in [-0.1, -0.05) is 32.9 Å². The van der Waals surface area contributed by atoms with Crippen LogP contribution in [0.25, 0.3) is 16.0 Å². The number of likely N-dealkylation sites (tertiary alicyclic amines) is 1. The van der Waals surface area contributed by atoms with Gasteiger partial charge in [-0.2, -0.15) is 10.4 Å². The Morgan fingerprint density at radius 2 is 2.07 bits per heavy atom. The molecule has 4 heterocycles. The molecule has 1 aromatic carbocycles. The second kappa shape index (κ2) is 13.1. The lowest BCUT2D eigenvalue weighted by Gasteiger charge is -2.26. The van der Waals surface area contributed by atoms with Crippen LogP contribution in [0.3, 0.4) is 0 Å². The van der Waals surface area contributed by atoms with Crippen molar-refractivity contribution in [3.05, 3.63) is 70.9 Å². The lowest BCUT2D eigenvalue weighted by atomic mass is 9.93. The van der Waals surface area contributed by atoms with Crippen molar-refractivity contribution >= 4 is 40.1 Å². The average molecular weight is 621 g/mol. The van der Waals surface area contributed by atoms with Gasteiger partial charge in [-0.15, -0.1) is 11.3 Å². The minimum atomic E-state index is -2.46. The second-order valence-corrected chi connectivity index (χ2v) is 12.8. The zero-order chi connectivity index (χ0) is 31.4. The van der Waals surface area contributed by atoms with Crippen LogP contribution in [0.5, 0.6) is 0 Å². The number of nitrogens with zero attached hydrogens (tertiary/aromatic N) is 6. The van der Waals surface area contributed by atoms with E-state index in [4.69, 9.17) is 4.98 Å². The number of benzene rings is 1. The summed E-state index contributed by atoms with van der Waals surface area (Å²) in [5.41, 5.74) is 1.86. The van der Waals surface area contributed by atoms with Crippen LogP contribution in [-0.4, -0.2) is 61.6 Å². The van der Waals surface area contributed by atoms with Crippen molar-refractivity contribution in [2.45, 2.75) is 59.2 Å². The first-order valence-corrected chi connectivity index (χ1v) is 15.2. The maximum atomic E-state index is 13.5. The van der Waals surface area contributed by atoms with Gasteiger partial charge in [-0.25, -0.2) is 18.4 Å². The SMILES string of the molecule is CC(C)(C)C=C(C#N)C(=O)N1CCC[C@@H]1Cn1c(NC(=O)c2ccc(-n3cccn3)s2)nc2cc(CNCC(F)F)ccc21. The Morgan fingerprint density at radius 3 is 2.77 bits per heavy atom. The average Bonchev–Trinajstić information content (AvgIpc) is 3.78. The lowest BCUT2D eigenvalue weighted by Crippen LogP contribution is -2.39. The van der Waals surface area contributed by atoms with Crippen molar-refractivity contribution in [1.29, 1.82) is 5.26 Å². The van der Waals surface area contributed by atoms with Gasteiger partial charge >= 0.3 is 0 Å². The Balaban J connectivity index is 1.45. The molecule has 0 unspecified atom stereocenters. The molecule has 0 radical (unpaired) electrons. The number of thiophene rings is 1. The van der Waals surface area contributed by atoms with Crippen molar-refractivity contribution in [2.75, 3.05) is 18.4 Å². The number of imidazole rings is 1. The van der Waals surface area contributed by atoms with E-state index >= 15 is 0 Å². The summed E-state index contributed by atoms with van der Waals surface area (Å²) in [5, 5.41) is 20.4. The van der Waals surface area contributed by atoms with Crippen LogP contribution >= 0.6 is 11.3 Å². The first-order chi connectivity index (χ1) is 21.0. The molecule has 13 heteroatoms. The summed E-state index contributed by atoms with van der Waals surface area (Å²) in [7, 11) is 0. The van der Waals surface area contributed by atoms with Gasteiger partial charge in [0.1, 0.15) is 16.6 Å². The Hall–Kier alpha value is -4.41. The predicted molar refractivity (Wildman–Crippen MR) is 165 cm³/mol. The normalized spacial score (nSPS) is 15.7. The molecule has 44 heavy (non-hydrogen) atoms. The van der Waals surface area contributed by atoms with Crippen LogP contribution in [0.15, 0.2) is 60.4 Å². The first kappa shape index (κ1) is 31.0. The number of hydrogen-bond acceptors (Lipinski definition) is 7. The van der Waals surface area contributed by atoms with Gasteiger partial charge in [0, 0.05) is 32.0 Å². The minimum absolute atomic E-state index is 0.111. The van der Waals surface area contributed by atoms with E-state index < -0.39 is 13.0 Å². The number of aromatic nitrogens is 4. The number of rotatable bonds is 10. The van der Waals surface area contributed by atoms with E-state index in [0.717, 1.165) is 28.9 Å². The first-order valence-electron chi connectivity index (χ1n) is 14.4. The van der Waals surface area contributed by atoms with Crippen molar-refractivity contribution in [3.8, 4) is 11.1 Å². The highest BCUT2D eigenvalue weighted by molar-refractivity contribution is 7.16. The van der Waals surface area contributed by atoms with Gasteiger partial charge in [-0.05, 0) is 54.2 Å². The van der Waals surface area contributed by atoms with E-state index in [0.29, 0.717) is 29.4 Å². The van der Waals surface area contributed by atoms with Gasteiger partial charge in [-0.3, -0.25) is 14.9 Å². The van der Waals surface area contributed by atoms with Crippen LogP contribution in [0.1, 0.15) is 48.8 Å². The molecule has 3 aromatic heterocycles. The molecule has 5 rings (SSSR count). The van der Waals surface area contributed by atoms with Crippen molar-refractivity contribution in [3.63, 3.8) is 0 Å². The zero-order valence-electron chi connectivity index (χ0n) is 24.8. The molecule has 0 bridgehead atoms. The standard InChI is InChI=1S/C31H34F2N8O2S/c1-31(2,3)15-21(16-34)29(43)39-12-4-6-22(39)19-40-24-8-7-20(17-35-18-26(32)33)14-23(24)37-30(40)38-28(42)25-9-10-27(44-25)41-13-5-11-36-41/h5,7-11,13-15,22,26,35H,4,6,12,17-19H2,1-3H3,(H,37,38,42)/t22-/m1/s1. The fourth-order valence-electron chi connectivity index (χ4n) is 5.26. The van der Waals surface area contributed by atoms with Crippen LogP contribution in [0.4, 0.5) is 14.7 Å². The summed E-state index contributed by atoms with van der Waals surface area (Å²) in [6.07, 6.45) is 4.21. The quantitative estimate of drug-likeness (QED) is 0.182. The van der Waals surface area contributed by atoms with Crippen LogP contribution < -0.4 is 10.6 Å². The molecule has 230 valence electrons. The van der Waals surface area contributed by atoms with Gasteiger partial charge in [0.25, 0.3) is 18.2 Å². The zero-order valence-corrected chi connectivity index (χ0v) is 25.6. The highest BCUT2D eigenvalue weighted by Crippen LogP contribution is 2.29. The predicted octanol–water partition coefficient (Wildman–Crippen LogP) is 5.38. The fourth-order valence-corrected chi connectivity index (χ4v) is 6.10. The molecule has 1 atom stereocenters. The lowest BCUT2D eigenvalue weighted by molar-refractivity contribution is -0.127. The number of amides is 2. The van der Waals surface area contributed by atoms with Crippen molar-refractivity contribution in [2.24, 2.45) is 5.41 Å². The van der Waals surface area contributed by atoms with E-state index in [1.807, 2.05) is 43.5 Å². The van der Waals surface area contributed by atoms with E-state index in [1.165, 1.54) is 11.3 Å². The summed E-state index contributed by atoms with van der Waals surface area (Å²) in [6, 6.07) is 12.7. The molecular formula is C31H34F2N8O2S. The number of nitriles is 1. The molecule has 2 N–H and O–H groups in total. The van der Waals surface area contributed by atoms with Gasteiger partial charge in [0.15, 0.2) is 0 Å². The molecule has 1 aliphatic heterocycles. The highest BCUT2D eigenvalue weighted by atomic mass is 32.1. The third kappa shape index (κ3) is 7.20. The van der Waals surface area contributed by atoms with Crippen molar-refractivity contribution in [1.82, 2.24) is 29.5 Å². The number of carbonyl (C=O) groups excluding carboxylic acids is 2. The minimum Gasteiger partial charge on any atom is -0.333 e. The van der Waals surface area contributed by atoms with E-state index in [9.17, 15) is 23.6 Å². The Morgan fingerprint density at radius 1 is 1.25 bits per heavy atom. The number of anilines is 1. The Labute approximate surface area is 258 Å². The van der Waals surface area contributed by atoms with E-state index in [2.05, 4.69) is 21.8 Å².